The van der Waals surface area contributed by atoms with Crippen molar-refractivity contribution in [3.63, 3.8) is 0 Å². The highest BCUT2D eigenvalue weighted by molar-refractivity contribution is 7.22. The molecule has 0 saturated heterocycles. The maximum absolute atomic E-state index is 4.59. The normalized spacial score (nSPS) is 10.8. The van der Waals surface area contributed by atoms with Crippen LogP contribution in [0, 0.1) is 0 Å². The quantitative estimate of drug-likeness (QED) is 0.736. The predicted molar refractivity (Wildman–Crippen MR) is 83.8 cm³/mol. The summed E-state index contributed by atoms with van der Waals surface area (Å²) in [6.07, 6.45) is 1.12. The molecule has 1 N–H and O–H groups in total. The Balaban J connectivity index is 1.97. The number of hydrogen-bond donors (Lipinski definition) is 1. The molecule has 19 heavy (non-hydrogen) atoms. The maximum Gasteiger partial charge on any atom is 0.183 e. The van der Waals surface area contributed by atoms with Crippen LogP contribution < -0.4 is 5.32 Å². The van der Waals surface area contributed by atoms with Crippen molar-refractivity contribution >= 4 is 26.7 Å². The molecule has 0 aliphatic rings. The number of hydrogen-bond acceptors (Lipinski definition) is 3. The summed E-state index contributed by atoms with van der Waals surface area (Å²) in [7, 11) is 0. The largest absolute Gasteiger partial charge is 0.361 e. The van der Waals surface area contributed by atoms with E-state index in [1.165, 1.54) is 15.8 Å². The van der Waals surface area contributed by atoms with Gasteiger partial charge in [0, 0.05) is 6.54 Å². The van der Waals surface area contributed by atoms with Crippen molar-refractivity contribution < 1.29 is 0 Å². The Morgan fingerprint density at radius 3 is 2.68 bits per heavy atom. The van der Waals surface area contributed by atoms with Gasteiger partial charge in [0.25, 0.3) is 0 Å². The van der Waals surface area contributed by atoms with Gasteiger partial charge < -0.3 is 5.32 Å². The minimum Gasteiger partial charge on any atom is -0.361 e. The lowest BCUT2D eigenvalue weighted by Crippen LogP contribution is -1.98. The number of thiazole rings is 1. The maximum atomic E-state index is 4.59. The summed E-state index contributed by atoms with van der Waals surface area (Å²) in [5.41, 5.74) is 3.57. The van der Waals surface area contributed by atoms with Crippen molar-refractivity contribution in [1.82, 2.24) is 4.98 Å². The first kappa shape index (κ1) is 12.2. The summed E-state index contributed by atoms with van der Waals surface area (Å²) in [5.74, 6) is 0. The monoisotopic (exact) mass is 268 g/mol. The van der Waals surface area contributed by atoms with Crippen molar-refractivity contribution in [2.24, 2.45) is 0 Å². The van der Waals surface area contributed by atoms with Crippen LogP contribution in [0.1, 0.15) is 13.3 Å². The highest BCUT2D eigenvalue weighted by Crippen LogP contribution is 2.30. The molecule has 2 aromatic carbocycles. The molecule has 0 fully saturated rings. The second-order valence-electron chi connectivity index (χ2n) is 4.49. The van der Waals surface area contributed by atoms with E-state index in [0.717, 1.165) is 23.6 Å². The fraction of sp³-hybridized carbons (Fsp3) is 0.188. The average molecular weight is 268 g/mol. The van der Waals surface area contributed by atoms with E-state index in [9.17, 15) is 0 Å². The number of anilines is 1. The first-order valence-corrected chi connectivity index (χ1v) is 7.38. The summed E-state index contributed by atoms with van der Waals surface area (Å²) >= 11 is 1.72. The van der Waals surface area contributed by atoms with Crippen LogP contribution in [0.3, 0.4) is 0 Å². The molecule has 1 heterocycles. The topological polar surface area (TPSA) is 24.9 Å². The van der Waals surface area contributed by atoms with Gasteiger partial charge in [-0.1, -0.05) is 54.7 Å². The molecule has 3 rings (SSSR count). The molecule has 2 nitrogen and oxygen atoms in total. The lowest BCUT2D eigenvalue weighted by molar-refractivity contribution is 0.977. The van der Waals surface area contributed by atoms with Crippen molar-refractivity contribution in [2.75, 3.05) is 11.9 Å². The molecule has 96 valence electrons. The Bertz CT molecular complexity index is 674. The first-order chi connectivity index (χ1) is 9.36. The van der Waals surface area contributed by atoms with Gasteiger partial charge in [-0.2, -0.15) is 0 Å². The summed E-state index contributed by atoms with van der Waals surface area (Å²) < 4.78 is 1.24. The van der Waals surface area contributed by atoms with Gasteiger partial charge in [0.1, 0.15) is 0 Å². The van der Waals surface area contributed by atoms with Gasteiger partial charge in [-0.15, -0.1) is 0 Å². The number of nitrogens with one attached hydrogen (secondary N) is 1. The van der Waals surface area contributed by atoms with Crippen molar-refractivity contribution in [2.45, 2.75) is 13.3 Å². The Kier molecular flexibility index (Phi) is 3.47. The molecule has 0 atom stereocenters. The molecule has 0 unspecified atom stereocenters. The Morgan fingerprint density at radius 2 is 1.89 bits per heavy atom. The molecule has 0 aliphatic heterocycles. The highest BCUT2D eigenvalue weighted by Gasteiger charge is 2.05. The van der Waals surface area contributed by atoms with Crippen LogP contribution in [0.2, 0.25) is 0 Å². The van der Waals surface area contributed by atoms with E-state index < -0.39 is 0 Å². The molecular formula is C16H16N2S. The molecule has 0 amide bonds. The standard InChI is InChI=1S/C16H16N2S/c1-2-10-17-16-18-14-9-8-13(11-15(14)19-16)12-6-4-3-5-7-12/h3-9,11H,2,10H2,1H3,(H,17,18). The summed E-state index contributed by atoms with van der Waals surface area (Å²) in [6.45, 7) is 3.14. The predicted octanol–water partition coefficient (Wildman–Crippen LogP) is 4.79. The van der Waals surface area contributed by atoms with Gasteiger partial charge >= 0.3 is 0 Å². The van der Waals surface area contributed by atoms with Gasteiger partial charge in [-0.25, -0.2) is 4.98 Å². The molecular weight excluding hydrogens is 252 g/mol. The number of fused-ring (bicyclic) bond motifs is 1. The minimum atomic E-state index is 0.978. The van der Waals surface area contributed by atoms with Crippen LogP contribution in [0.25, 0.3) is 21.3 Å². The Morgan fingerprint density at radius 1 is 1.05 bits per heavy atom. The van der Waals surface area contributed by atoms with Crippen LogP contribution in [-0.2, 0) is 0 Å². The van der Waals surface area contributed by atoms with Crippen molar-refractivity contribution in [1.29, 1.82) is 0 Å². The fourth-order valence-electron chi connectivity index (χ4n) is 2.04. The van der Waals surface area contributed by atoms with Gasteiger partial charge in [-0.3, -0.25) is 0 Å². The van der Waals surface area contributed by atoms with Gasteiger partial charge in [0.05, 0.1) is 10.2 Å². The van der Waals surface area contributed by atoms with E-state index in [1.807, 2.05) is 6.07 Å². The van der Waals surface area contributed by atoms with Gasteiger partial charge in [-0.05, 0) is 29.7 Å². The summed E-state index contributed by atoms with van der Waals surface area (Å²) in [5, 5.41) is 4.37. The fourth-order valence-corrected chi connectivity index (χ4v) is 2.97. The Labute approximate surface area is 117 Å². The number of nitrogens with zero attached hydrogens (tertiary/aromatic N) is 1. The molecule has 1 aromatic heterocycles. The zero-order valence-electron chi connectivity index (χ0n) is 10.9. The van der Waals surface area contributed by atoms with Crippen molar-refractivity contribution in [3.05, 3.63) is 48.5 Å². The third-order valence-corrected chi connectivity index (χ3v) is 4.00. The minimum absolute atomic E-state index is 0.978. The van der Waals surface area contributed by atoms with E-state index in [2.05, 4.69) is 59.7 Å². The van der Waals surface area contributed by atoms with E-state index in [0.29, 0.717) is 0 Å². The third kappa shape index (κ3) is 2.61. The second kappa shape index (κ2) is 5.41. The number of benzene rings is 2. The molecule has 0 radical (unpaired) electrons. The smallest absolute Gasteiger partial charge is 0.183 e. The number of aromatic nitrogens is 1. The van der Waals surface area contributed by atoms with E-state index >= 15 is 0 Å². The molecule has 0 aliphatic carbocycles. The summed E-state index contributed by atoms with van der Waals surface area (Å²) in [6, 6.07) is 16.9. The molecule has 3 aromatic rings. The Hall–Kier alpha value is -1.87. The summed E-state index contributed by atoms with van der Waals surface area (Å²) in [4.78, 5) is 4.59. The first-order valence-electron chi connectivity index (χ1n) is 6.56. The van der Waals surface area contributed by atoms with E-state index in [-0.39, 0.29) is 0 Å². The zero-order valence-corrected chi connectivity index (χ0v) is 11.7. The SMILES string of the molecule is CCCNc1nc2ccc(-c3ccccc3)cc2s1. The molecule has 0 saturated carbocycles. The lowest BCUT2D eigenvalue weighted by atomic mass is 10.1. The zero-order chi connectivity index (χ0) is 13.1. The molecule has 0 bridgehead atoms. The van der Waals surface area contributed by atoms with Crippen LogP contribution in [0.4, 0.5) is 5.13 Å². The number of rotatable bonds is 4. The average Bonchev–Trinajstić information content (AvgIpc) is 2.87. The third-order valence-electron chi connectivity index (χ3n) is 3.02. The van der Waals surface area contributed by atoms with Crippen molar-refractivity contribution in [3.8, 4) is 11.1 Å². The van der Waals surface area contributed by atoms with Crippen LogP contribution in [-0.4, -0.2) is 11.5 Å². The van der Waals surface area contributed by atoms with Crippen LogP contribution in [0.5, 0.6) is 0 Å². The second-order valence-corrected chi connectivity index (χ2v) is 5.52. The van der Waals surface area contributed by atoms with Gasteiger partial charge in [0.2, 0.25) is 0 Å². The lowest BCUT2D eigenvalue weighted by Gasteiger charge is -2.00. The highest BCUT2D eigenvalue weighted by atomic mass is 32.1. The van der Waals surface area contributed by atoms with Crippen LogP contribution >= 0.6 is 11.3 Å². The molecule has 0 spiro atoms. The van der Waals surface area contributed by atoms with E-state index in [4.69, 9.17) is 0 Å². The molecule has 3 heteroatoms. The van der Waals surface area contributed by atoms with Crippen LogP contribution in [0.15, 0.2) is 48.5 Å². The van der Waals surface area contributed by atoms with E-state index in [1.54, 1.807) is 11.3 Å². The van der Waals surface area contributed by atoms with Gasteiger partial charge in [0.15, 0.2) is 5.13 Å².